The Kier molecular flexibility index (Phi) is 4.64. The average molecular weight is 368 g/mol. The topological polar surface area (TPSA) is 23.6 Å². The lowest BCUT2D eigenvalue weighted by Gasteiger charge is -2.37. The largest absolute Gasteiger partial charge is 0.371 e. The molecule has 0 aliphatic carbocycles. The zero-order valence-electron chi connectivity index (χ0n) is 14.7. The highest BCUT2D eigenvalue weighted by Crippen LogP contribution is 2.29. The van der Waals surface area contributed by atoms with E-state index >= 15 is 0 Å². The first-order valence-electron chi connectivity index (χ1n) is 8.88. The van der Waals surface area contributed by atoms with Gasteiger partial charge in [-0.25, -0.2) is 4.39 Å². The molecule has 0 N–H and O–H groups in total. The molecule has 0 atom stereocenters. The summed E-state index contributed by atoms with van der Waals surface area (Å²) in [6.45, 7) is 1.51. The van der Waals surface area contributed by atoms with E-state index < -0.39 is 0 Å². The summed E-state index contributed by atoms with van der Waals surface area (Å²) in [4.78, 5) is 17.8. The second-order valence-corrected chi connectivity index (χ2v) is 7.85. The number of halogens is 1. The van der Waals surface area contributed by atoms with Crippen molar-refractivity contribution in [3.05, 3.63) is 65.3 Å². The Bertz CT molecular complexity index is 916. The minimum absolute atomic E-state index is 0.0624. The van der Waals surface area contributed by atoms with Crippen LogP contribution in [0.1, 0.15) is 22.5 Å². The summed E-state index contributed by atoms with van der Waals surface area (Å²) < 4.78 is 14.3. The number of benzene rings is 2. The molecule has 1 aliphatic rings. The summed E-state index contributed by atoms with van der Waals surface area (Å²) >= 11 is 1.44. The number of piperidine rings is 1. The van der Waals surface area contributed by atoms with Crippen molar-refractivity contribution >= 4 is 33.0 Å². The maximum absolute atomic E-state index is 13.4. The van der Waals surface area contributed by atoms with Gasteiger partial charge in [0.1, 0.15) is 5.82 Å². The van der Waals surface area contributed by atoms with Crippen molar-refractivity contribution < 1.29 is 9.18 Å². The van der Waals surface area contributed by atoms with Crippen LogP contribution in [0.4, 0.5) is 10.1 Å². The second kappa shape index (κ2) is 7.08. The number of para-hydroxylation sites is 1. The highest BCUT2D eigenvalue weighted by atomic mass is 32.1. The van der Waals surface area contributed by atoms with Crippen LogP contribution in [-0.2, 0) is 0 Å². The zero-order chi connectivity index (χ0) is 18.1. The normalized spacial score (nSPS) is 15.4. The Morgan fingerprint density at radius 3 is 2.58 bits per heavy atom. The van der Waals surface area contributed by atoms with Crippen LogP contribution in [0.5, 0.6) is 0 Å². The number of thiophene rings is 1. The van der Waals surface area contributed by atoms with Gasteiger partial charge < -0.3 is 9.80 Å². The molecule has 2 aromatic carbocycles. The van der Waals surface area contributed by atoms with Crippen LogP contribution in [0.2, 0.25) is 0 Å². The molecule has 0 saturated carbocycles. The first-order chi connectivity index (χ1) is 12.6. The van der Waals surface area contributed by atoms with Gasteiger partial charge in [-0.1, -0.05) is 18.2 Å². The molecular formula is C21H21FN2OS. The highest BCUT2D eigenvalue weighted by molar-refractivity contribution is 7.20. The number of rotatable bonds is 3. The molecule has 5 heteroatoms. The number of carbonyl (C=O) groups excluding carboxylic acids is 1. The quantitative estimate of drug-likeness (QED) is 0.664. The number of amides is 1. The third kappa shape index (κ3) is 3.31. The molecule has 0 spiro atoms. The Hall–Kier alpha value is -2.40. The fourth-order valence-electron chi connectivity index (χ4n) is 3.61. The SMILES string of the molecule is CN(c1ccccc1)C1CCN(C(=O)c2cc3cc(F)ccc3s2)CC1. The molecule has 3 nitrogen and oxygen atoms in total. The van der Waals surface area contributed by atoms with Crippen molar-refractivity contribution in [2.75, 3.05) is 25.0 Å². The van der Waals surface area contributed by atoms with Crippen molar-refractivity contribution in [3.8, 4) is 0 Å². The standard InChI is InChI=1S/C21H21FN2OS/c1-23(17-5-3-2-4-6-17)18-9-11-24(12-10-18)21(25)20-14-15-13-16(22)7-8-19(15)26-20/h2-8,13-14,18H,9-12H2,1H3. The molecule has 1 fully saturated rings. The summed E-state index contributed by atoms with van der Waals surface area (Å²) in [5, 5.41) is 0.803. The van der Waals surface area contributed by atoms with E-state index in [0.717, 1.165) is 36.0 Å². The molecule has 0 radical (unpaired) electrons. The fraction of sp³-hybridized carbons (Fsp3) is 0.286. The minimum atomic E-state index is -0.265. The van der Waals surface area contributed by atoms with Crippen LogP contribution >= 0.6 is 11.3 Å². The van der Waals surface area contributed by atoms with Crippen LogP contribution in [0.3, 0.4) is 0 Å². The molecule has 1 aliphatic heterocycles. The summed E-state index contributed by atoms with van der Waals surface area (Å²) in [6, 6.07) is 17.3. The molecule has 134 valence electrons. The lowest BCUT2D eigenvalue weighted by molar-refractivity contribution is 0.0718. The van der Waals surface area contributed by atoms with Crippen molar-refractivity contribution in [1.82, 2.24) is 4.90 Å². The van der Waals surface area contributed by atoms with Crippen LogP contribution in [0, 0.1) is 5.82 Å². The molecular weight excluding hydrogens is 347 g/mol. The van der Waals surface area contributed by atoms with E-state index in [2.05, 4.69) is 36.2 Å². The lowest BCUT2D eigenvalue weighted by Crippen LogP contribution is -2.45. The summed E-state index contributed by atoms with van der Waals surface area (Å²) in [6.07, 6.45) is 1.91. The number of anilines is 1. The molecule has 3 aromatic rings. The molecule has 0 bridgehead atoms. The zero-order valence-corrected chi connectivity index (χ0v) is 15.5. The van der Waals surface area contributed by atoms with E-state index in [1.807, 2.05) is 17.0 Å². The number of nitrogens with zero attached hydrogens (tertiary/aromatic N) is 2. The van der Waals surface area contributed by atoms with E-state index in [4.69, 9.17) is 0 Å². The predicted molar refractivity (Wildman–Crippen MR) is 106 cm³/mol. The monoisotopic (exact) mass is 368 g/mol. The van der Waals surface area contributed by atoms with E-state index in [0.29, 0.717) is 10.9 Å². The van der Waals surface area contributed by atoms with Gasteiger partial charge in [-0.15, -0.1) is 11.3 Å². The van der Waals surface area contributed by atoms with Gasteiger partial charge in [0.25, 0.3) is 5.91 Å². The molecule has 1 saturated heterocycles. The molecule has 2 heterocycles. The smallest absolute Gasteiger partial charge is 0.263 e. The van der Waals surface area contributed by atoms with E-state index in [1.165, 1.54) is 29.2 Å². The fourth-order valence-corrected chi connectivity index (χ4v) is 4.62. The Morgan fingerprint density at radius 1 is 1.12 bits per heavy atom. The van der Waals surface area contributed by atoms with Gasteiger partial charge in [-0.3, -0.25) is 4.79 Å². The third-order valence-corrected chi connectivity index (χ3v) is 6.26. The predicted octanol–water partition coefficient (Wildman–Crippen LogP) is 4.78. The van der Waals surface area contributed by atoms with Crippen molar-refractivity contribution in [3.63, 3.8) is 0 Å². The number of hydrogen-bond donors (Lipinski definition) is 0. The van der Waals surface area contributed by atoms with E-state index in [9.17, 15) is 9.18 Å². The minimum Gasteiger partial charge on any atom is -0.371 e. The first-order valence-corrected chi connectivity index (χ1v) is 9.70. The summed E-state index contributed by atoms with van der Waals surface area (Å²) in [5.74, 6) is -0.202. The van der Waals surface area contributed by atoms with Gasteiger partial charge in [-0.05, 0) is 54.6 Å². The maximum Gasteiger partial charge on any atom is 0.263 e. The van der Waals surface area contributed by atoms with E-state index in [-0.39, 0.29) is 11.7 Å². The summed E-state index contributed by atoms with van der Waals surface area (Å²) in [5.41, 5.74) is 1.21. The number of carbonyl (C=O) groups is 1. The molecule has 0 unspecified atom stereocenters. The number of likely N-dealkylation sites (tertiary alicyclic amines) is 1. The number of fused-ring (bicyclic) bond motifs is 1. The van der Waals surface area contributed by atoms with Crippen LogP contribution in [0.25, 0.3) is 10.1 Å². The summed E-state index contributed by atoms with van der Waals surface area (Å²) in [7, 11) is 2.12. The van der Waals surface area contributed by atoms with Crippen LogP contribution < -0.4 is 4.90 Å². The molecule has 4 rings (SSSR count). The Labute approximate surface area is 156 Å². The van der Waals surface area contributed by atoms with Crippen molar-refractivity contribution in [1.29, 1.82) is 0 Å². The van der Waals surface area contributed by atoms with Crippen molar-refractivity contribution in [2.45, 2.75) is 18.9 Å². The second-order valence-electron chi connectivity index (χ2n) is 6.76. The van der Waals surface area contributed by atoms with Gasteiger partial charge in [0, 0.05) is 36.6 Å². The molecule has 1 amide bonds. The molecule has 1 aromatic heterocycles. The van der Waals surface area contributed by atoms with Gasteiger partial charge in [0.05, 0.1) is 4.88 Å². The number of hydrogen-bond acceptors (Lipinski definition) is 3. The van der Waals surface area contributed by atoms with Crippen LogP contribution in [0.15, 0.2) is 54.6 Å². The van der Waals surface area contributed by atoms with E-state index in [1.54, 1.807) is 6.07 Å². The Morgan fingerprint density at radius 2 is 1.85 bits per heavy atom. The lowest BCUT2D eigenvalue weighted by atomic mass is 10.0. The van der Waals surface area contributed by atoms with Gasteiger partial charge in [0.2, 0.25) is 0 Å². The average Bonchev–Trinajstić information content (AvgIpc) is 3.11. The van der Waals surface area contributed by atoms with Crippen LogP contribution in [-0.4, -0.2) is 37.0 Å². The first kappa shape index (κ1) is 17.0. The highest BCUT2D eigenvalue weighted by Gasteiger charge is 2.27. The molecule has 26 heavy (non-hydrogen) atoms. The third-order valence-electron chi connectivity index (χ3n) is 5.15. The van der Waals surface area contributed by atoms with Gasteiger partial charge in [0.15, 0.2) is 0 Å². The van der Waals surface area contributed by atoms with Gasteiger partial charge >= 0.3 is 0 Å². The Balaban J connectivity index is 1.43. The van der Waals surface area contributed by atoms with Crippen molar-refractivity contribution in [2.24, 2.45) is 0 Å². The van der Waals surface area contributed by atoms with Gasteiger partial charge in [-0.2, -0.15) is 0 Å². The maximum atomic E-state index is 13.4.